The highest BCUT2D eigenvalue weighted by molar-refractivity contribution is 7.98. The second-order valence-electron chi connectivity index (χ2n) is 8.91. The normalized spacial score (nSPS) is 34.5. The first-order chi connectivity index (χ1) is 13.1. The van der Waals surface area contributed by atoms with Crippen molar-refractivity contribution < 1.29 is 4.21 Å². The number of piperidine rings is 3. The minimum atomic E-state index is -1.87. The molecule has 0 spiro atoms. The average molecular weight is 431 g/mol. The van der Waals surface area contributed by atoms with Gasteiger partial charge in [-0.15, -0.1) is 0 Å². The fraction of sp³-hybridized carbons (Fsp3) is 0.957. The van der Waals surface area contributed by atoms with E-state index >= 15 is 0 Å². The van der Waals surface area contributed by atoms with Gasteiger partial charge in [0.2, 0.25) is 0 Å². The van der Waals surface area contributed by atoms with Crippen molar-refractivity contribution in [3.05, 3.63) is 0 Å². The molecule has 5 nitrogen and oxygen atoms in total. The summed E-state index contributed by atoms with van der Waals surface area (Å²) in [7, 11) is -1.87. The van der Waals surface area contributed by atoms with Crippen LogP contribution in [0.15, 0.2) is 0 Å². The van der Waals surface area contributed by atoms with Crippen LogP contribution >= 0.6 is 0 Å². The van der Waals surface area contributed by atoms with E-state index in [1.165, 1.54) is 84.0 Å². The Bertz CT molecular complexity index is 454. The molecule has 0 aromatic heterocycles. The molecular weight excluding hydrogens is 380 g/mol. The molecule has 1 atom stereocenters. The first kappa shape index (κ1) is 26.9. The number of hydrogen-bond acceptors (Lipinski definition) is 4. The zero-order valence-electron chi connectivity index (χ0n) is 17.3. The zero-order valence-corrected chi connectivity index (χ0v) is 18.1. The van der Waals surface area contributed by atoms with Gasteiger partial charge in [-0.25, -0.2) is 4.72 Å². The van der Waals surface area contributed by atoms with E-state index in [1.807, 2.05) is 0 Å². The summed E-state index contributed by atoms with van der Waals surface area (Å²) in [6.45, 7) is 7.47. The van der Waals surface area contributed by atoms with Crippen LogP contribution in [-0.2, 0) is 9.71 Å². The van der Waals surface area contributed by atoms with Crippen LogP contribution in [0.4, 0.5) is 0 Å². The maximum absolute atomic E-state index is 11.2. The van der Waals surface area contributed by atoms with Gasteiger partial charge in [-0.2, -0.15) is 0 Å². The molecule has 29 heavy (non-hydrogen) atoms. The van der Waals surface area contributed by atoms with Crippen LogP contribution in [-0.4, -0.2) is 77.1 Å². The van der Waals surface area contributed by atoms with Crippen molar-refractivity contribution >= 4 is 15.6 Å². The summed E-state index contributed by atoms with van der Waals surface area (Å²) in [5.41, 5.74) is 0. The van der Waals surface area contributed by atoms with E-state index in [4.69, 9.17) is 0 Å². The number of fused-ring (bicyclic) bond motifs is 4. The van der Waals surface area contributed by atoms with Gasteiger partial charge in [0.25, 0.3) is 0 Å². The zero-order chi connectivity index (χ0) is 19.0. The van der Waals surface area contributed by atoms with Crippen LogP contribution in [0.2, 0.25) is 0 Å². The quantitative estimate of drug-likeness (QED) is 0.575. The Balaban J connectivity index is 0.000000211. The van der Waals surface area contributed by atoms with Crippen molar-refractivity contribution in [2.75, 3.05) is 45.1 Å². The third kappa shape index (κ3) is 9.69. The molecule has 0 aliphatic carbocycles. The van der Waals surface area contributed by atoms with Gasteiger partial charge in [-0.05, 0) is 70.3 Å². The standard InChI is InChI=1S/C9H17N.C6H12N2.C6H13NOS.2CH4/c1-3-7-10-8-4-2-6-9(10)5-1;1-3-8-4-2-6(1)7-5-8;1-9(8)6-4-2-3-5-7-9;;/h9H,1-8H2;6-7H,1-5H2;1-6H2,(H,7,8);2*1H4. The molecule has 0 aromatic rings. The van der Waals surface area contributed by atoms with E-state index in [0.717, 1.165) is 43.9 Å². The Morgan fingerprint density at radius 1 is 0.793 bits per heavy atom. The molecule has 6 aliphatic rings. The number of nitrogens with zero attached hydrogens (tertiary/aromatic N) is 2. The Labute approximate surface area is 182 Å². The summed E-state index contributed by atoms with van der Waals surface area (Å²) in [5.74, 6) is 4.36. The molecule has 0 amide bonds. The number of hydrogen-bond donors (Lipinski definition) is 2. The predicted molar refractivity (Wildman–Crippen MR) is 131 cm³/mol. The first-order valence-electron chi connectivity index (χ1n) is 11.4. The van der Waals surface area contributed by atoms with Crippen LogP contribution in [0.25, 0.3) is 0 Å². The van der Waals surface area contributed by atoms with Gasteiger partial charge < -0.3 is 10.2 Å². The number of nitrogens with one attached hydrogen (secondary N) is 2. The highest BCUT2D eigenvalue weighted by Gasteiger charge is 2.24. The highest BCUT2D eigenvalue weighted by Crippen LogP contribution is 2.25. The van der Waals surface area contributed by atoms with Gasteiger partial charge in [-0.1, -0.05) is 34.1 Å². The lowest BCUT2D eigenvalue weighted by atomic mass is 9.93. The lowest BCUT2D eigenvalue weighted by Gasteiger charge is -2.39. The first-order valence-corrected chi connectivity index (χ1v) is 13.3. The third-order valence-electron chi connectivity index (χ3n) is 6.69. The topological polar surface area (TPSA) is 47.6 Å². The lowest BCUT2D eigenvalue weighted by Crippen LogP contribution is -2.54. The second-order valence-corrected chi connectivity index (χ2v) is 11.2. The summed E-state index contributed by atoms with van der Waals surface area (Å²) in [4.78, 5) is 5.17. The highest BCUT2D eigenvalue weighted by atomic mass is 32.2. The minimum Gasteiger partial charge on any atom is -0.301 e. The van der Waals surface area contributed by atoms with E-state index in [9.17, 15) is 4.21 Å². The molecule has 6 heteroatoms. The molecule has 1 unspecified atom stereocenters. The fourth-order valence-electron chi connectivity index (χ4n) is 4.90. The van der Waals surface area contributed by atoms with E-state index in [0.29, 0.717) is 0 Å². The van der Waals surface area contributed by atoms with E-state index in [1.54, 1.807) is 0 Å². The summed E-state index contributed by atoms with van der Waals surface area (Å²) in [6, 6.07) is 1.85. The summed E-state index contributed by atoms with van der Waals surface area (Å²) < 4.78 is 14.1. The average Bonchev–Trinajstić information content (AvgIpc) is 2.94. The molecule has 0 aromatic carbocycles. The maximum Gasteiger partial charge on any atom is 0.0482 e. The molecule has 6 rings (SSSR count). The molecular formula is C23H50N4OS. The van der Waals surface area contributed by atoms with Crippen LogP contribution in [0, 0.1) is 0 Å². The molecule has 2 N–H and O–H groups in total. The van der Waals surface area contributed by atoms with Crippen molar-refractivity contribution in [2.24, 2.45) is 0 Å². The smallest absolute Gasteiger partial charge is 0.0482 e. The van der Waals surface area contributed by atoms with Gasteiger partial charge in [-0.3, -0.25) is 9.11 Å². The molecule has 0 saturated carbocycles. The Hall–Kier alpha value is -0.140. The largest absolute Gasteiger partial charge is 0.301 e. The Morgan fingerprint density at radius 2 is 1.45 bits per heavy atom. The van der Waals surface area contributed by atoms with Crippen molar-refractivity contribution in [1.29, 1.82) is 0 Å². The summed E-state index contributed by atoms with van der Waals surface area (Å²) in [5, 5.41) is 3.44. The monoisotopic (exact) mass is 430 g/mol. The van der Waals surface area contributed by atoms with Gasteiger partial charge in [0.05, 0.1) is 0 Å². The Morgan fingerprint density at radius 3 is 1.90 bits per heavy atom. The van der Waals surface area contributed by atoms with Crippen molar-refractivity contribution in [2.45, 2.75) is 97.6 Å². The number of rotatable bonds is 0. The van der Waals surface area contributed by atoms with Crippen molar-refractivity contribution in [3.63, 3.8) is 0 Å². The lowest BCUT2D eigenvalue weighted by molar-refractivity contribution is 0.109. The maximum atomic E-state index is 11.2. The van der Waals surface area contributed by atoms with E-state index in [2.05, 4.69) is 25.7 Å². The van der Waals surface area contributed by atoms with Gasteiger partial charge in [0, 0.05) is 53.8 Å². The van der Waals surface area contributed by atoms with Crippen LogP contribution in [0.1, 0.15) is 85.5 Å². The van der Waals surface area contributed by atoms with Crippen LogP contribution < -0.4 is 10.0 Å². The summed E-state index contributed by atoms with van der Waals surface area (Å²) >= 11 is 0. The third-order valence-corrected chi connectivity index (χ3v) is 8.37. The molecule has 174 valence electrons. The SMILES string of the molecule is C.C.C1CCN2CCCCC2C1.C1CN2CCC1NC2.C=S1(=O)CCCCCN1. The van der Waals surface area contributed by atoms with Crippen molar-refractivity contribution in [3.8, 4) is 0 Å². The molecule has 6 saturated heterocycles. The van der Waals surface area contributed by atoms with Gasteiger partial charge in [0.1, 0.15) is 0 Å². The molecule has 0 radical (unpaired) electrons. The van der Waals surface area contributed by atoms with Crippen LogP contribution in [0.3, 0.4) is 0 Å². The van der Waals surface area contributed by atoms with Gasteiger partial charge in [0.15, 0.2) is 0 Å². The Kier molecular flexibility index (Phi) is 13.0. The molecule has 6 heterocycles. The summed E-state index contributed by atoms with van der Waals surface area (Å²) in [6.07, 6.45) is 15.0. The van der Waals surface area contributed by atoms with E-state index < -0.39 is 9.71 Å². The van der Waals surface area contributed by atoms with E-state index in [-0.39, 0.29) is 14.9 Å². The van der Waals surface area contributed by atoms with Gasteiger partial charge >= 0.3 is 0 Å². The van der Waals surface area contributed by atoms with Crippen molar-refractivity contribution in [1.82, 2.24) is 19.8 Å². The molecule has 6 fully saturated rings. The molecule has 6 aliphatic heterocycles. The second kappa shape index (κ2) is 14.0. The fourth-order valence-corrected chi connectivity index (χ4v) is 6.23. The predicted octanol–water partition coefficient (Wildman–Crippen LogP) is 3.70. The minimum absolute atomic E-state index is 0. The van der Waals surface area contributed by atoms with Crippen LogP contribution in [0.5, 0.6) is 0 Å². The molecule has 2 bridgehead atoms.